The predicted octanol–water partition coefficient (Wildman–Crippen LogP) is 3.51. The zero-order valence-electron chi connectivity index (χ0n) is 11.9. The number of hydrogen-bond donors (Lipinski definition) is 1. The summed E-state index contributed by atoms with van der Waals surface area (Å²) in [7, 11) is -3.79. The predicted molar refractivity (Wildman–Crippen MR) is 88.0 cm³/mol. The first kappa shape index (κ1) is 18.7. The van der Waals surface area contributed by atoms with E-state index in [1.165, 1.54) is 0 Å². The first-order valence-electron chi connectivity index (χ1n) is 6.20. The molecule has 0 aliphatic carbocycles. The van der Waals surface area contributed by atoms with E-state index in [1.54, 1.807) is 11.8 Å². The zero-order chi connectivity index (χ0) is 16.3. The average Bonchev–Trinajstić information content (AvgIpc) is 2.84. The monoisotopic (exact) mass is 372 g/mol. The van der Waals surface area contributed by atoms with Crippen molar-refractivity contribution < 1.29 is 13.3 Å². The highest BCUT2D eigenvalue weighted by molar-refractivity contribution is 8.00. The number of hydrogen-bond acceptors (Lipinski definition) is 6. The zero-order valence-corrected chi connectivity index (χ0v) is 15.1. The van der Waals surface area contributed by atoms with Gasteiger partial charge >= 0.3 is 0 Å². The van der Waals surface area contributed by atoms with Gasteiger partial charge in [-0.05, 0) is 19.1 Å². The second-order valence-corrected chi connectivity index (χ2v) is 9.32. The lowest BCUT2D eigenvalue weighted by atomic mass is 10.0. The summed E-state index contributed by atoms with van der Waals surface area (Å²) in [6.45, 7) is 4.27. The van der Waals surface area contributed by atoms with E-state index in [-0.39, 0.29) is 25.5 Å². The highest BCUT2D eigenvalue weighted by Gasteiger charge is 2.30. The summed E-state index contributed by atoms with van der Waals surface area (Å²) in [4.78, 5) is 10.0. The second-order valence-electron chi connectivity index (χ2n) is 4.40. The van der Waals surface area contributed by atoms with Crippen molar-refractivity contribution in [3.63, 3.8) is 0 Å². The van der Waals surface area contributed by atoms with Gasteiger partial charge in [0.15, 0.2) is 4.34 Å². The molecule has 1 N–H and O–H groups in total. The fraction of sp³-hybridized carbons (Fsp3) is 0.636. The van der Waals surface area contributed by atoms with Gasteiger partial charge in [-0.15, -0.1) is 11.3 Å². The van der Waals surface area contributed by atoms with Crippen LogP contribution in [0.3, 0.4) is 0 Å². The number of thioether (sulfide) groups is 1. The molecule has 0 aromatic carbocycles. The Morgan fingerprint density at radius 3 is 2.43 bits per heavy atom. The maximum absolute atomic E-state index is 12.2. The molecule has 1 aromatic rings. The molecule has 0 bridgehead atoms. The van der Waals surface area contributed by atoms with Gasteiger partial charge in [-0.3, -0.25) is 10.1 Å². The third-order valence-electron chi connectivity index (χ3n) is 3.41. The Morgan fingerprint density at radius 1 is 1.48 bits per heavy atom. The lowest BCUT2D eigenvalue weighted by Crippen LogP contribution is -2.39. The summed E-state index contributed by atoms with van der Waals surface area (Å²) < 4.78 is 26.5. The van der Waals surface area contributed by atoms with Crippen LogP contribution in [0.15, 0.2) is 10.3 Å². The Balaban J connectivity index is 2.97. The van der Waals surface area contributed by atoms with Crippen LogP contribution in [0.5, 0.6) is 0 Å². The summed E-state index contributed by atoms with van der Waals surface area (Å²) >= 11 is 8.00. The molecular formula is C11H17ClN2O4S3. The van der Waals surface area contributed by atoms with E-state index in [9.17, 15) is 18.5 Å². The molecule has 0 saturated carbocycles. The number of nitro groups is 1. The van der Waals surface area contributed by atoms with Crippen LogP contribution in [0.1, 0.15) is 26.7 Å². The van der Waals surface area contributed by atoms with Crippen molar-refractivity contribution in [1.29, 1.82) is 0 Å². The number of rotatable bonds is 8. The maximum Gasteiger partial charge on any atom is 0.300 e. The molecule has 120 valence electrons. The van der Waals surface area contributed by atoms with E-state index in [1.807, 2.05) is 20.1 Å². The van der Waals surface area contributed by atoms with Crippen molar-refractivity contribution in [1.82, 2.24) is 4.72 Å². The Morgan fingerprint density at radius 2 is 2.05 bits per heavy atom. The van der Waals surface area contributed by atoms with Gasteiger partial charge in [0.2, 0.25) is 10.0 Å². The smallest absolute Gasteiger partial charge is 0.258 e. The quantitative estimate of drug-likeness (QED) is 0.557. The van der Waals surface area contributed by atoms with Crippen molar-refractivity contribution in [3.8, 4) is 0 Å². The van der Waals surface area contributed by atoms with E-state index in [4.69, 9.17) is 11.6 Å². The summed E-state index contributed by atoms with van der Waals surface area (Å²) in [6.07, 6.45) is 3.57. The van der Waals surface area contributed by atoms with Gasteiger partial charge in [0, 0.05) is 17.4 Å². The van der Waals surface area contributed by atoms with Crippen molar-refractivity contribution in [2.24, 2.45) is 0 Å². The molecule has 0 unspecified atom stereocenters. The second kappa shape index (κ2) is 7.28. The van der Waals surface area contributed by atoms with Gasteiger partial charge in [0.1, 0.15) is 4.21 Å². The minimum Gasteiger partial charge on any atom is -0.258 e. The third-order valence-corrected chi connectivity index (χ3v) is 8.21. The van der Waals surface area contributed by atoms with Crippen molar-refractivity contribution >= 4 is 50.4 Å². The Labute approximate surface area is 137 Å². The minimum absolute atomic E-state index is 0.137. The SMILES string of the molecule is CCC(CC)(CNS(=O)(=O)c1cc([N+](=O)[O-])c(Cl)s1)SC. The molecule has 1 rings (SSSR count). The molecule has 0 aliphatic rings. The molecule has 0 saturated heterocycles. The minimum atomic E-state index is -3.79. The molecule has 1 heterocycles. The van der Waals surface area contributed by atoms with Gasteiger partial charge in [-0.25, -0.2) is 13.1 Å². The maximum atomic E-state index is 12.2. The van der Waals surface area contributed by atoms with Gasteiger partial charge < -0.3 is 0 Å². The summed E-state index contributed by atoms with van der Waals surface area (Å²) in [5.41, 5.74) is -0.385. The largest absolute Gasteiger partial charge is 0.300 e. The fourth-order valence-electron chi connectivity index (χ4n) is 1.75. The van der Waals surface area contributed by atoms with Crippen LogP contribution in [0.4, 0.5) is 5.69 Å². The number of nitrogens with one attached hydrogen (secondary N) is 1. The molecule has 10 heteroatoms. The van der Waals surface area contributed by atoms with Gasteiger partial charge in [-0.1, -0.05) is 25.4 Å². The van der Waals surface area contributed by atoms with Crippen molar-refractivity contribution in [2.75, 3.05) is 12.8 Å². The fourth-order valence-corrected chi connectivity index (χ4v) is 5.48. The van der Waals surface area contributed by atoms with Crippen LogP contribution < -0.4 is 4.72 Å². The molecule has 0 aliphatic heterocycles. The number of thiophene rings is 1. The number of nitrogens with zero attached hydrogens (tertiary/aromatic N) is 1. The first-order valence-corrected chi connectivity index (χ1v) is 10.1. The molecular weight excluding hydrogens is 356 g/mol. The van der Waals surface area contributed by atoms with E-state index < -0.39 is 14.9 Å². The molecule has 0 atom stereocenters. The van der Waals surface area contributed by atoms with Crippen LogP contribution in [-0.2, 0) is 10.0 Å². The van der Waals surface area contributed by atoms with Crippen LogP contribution in [0.2, 0.25) is 4.34 Å². The number of sulfonamides is 1. The average molecular weight is 373 g/mol. The highest BCUT2D eigenvalue weighted by atomic mass is 35.5. The standard InChI is InChI=1S/C11H17ClN2O4S3/c1-4-11(5-2,19-3)7-13-21(17,18)9-6-8(14(15)16)10(12)20-9/h6,13H,4-5,7H2,1-3H3. The van der Waals surface area contributed by atoms with Crippen LogP contribution >= 0.6 is 34.7 Å². The van der Waals surface area contributed by atoms with Crippen molar-refractivity contribution in [3.05, 3.63) is 20.5 Å². The van der Waals surface area contributed by atoms with Crippen LogP contribution in [-0.4, -0.2) is 30.9 Å². The molecule has 0 fully saturated rings. The highest BCUT2D eigenvalue weighted by Crippen LogP contribution is 2.36. The van der Waals surface area contributed by atoms with Crippen molar-refractivity contribution in [2.45, 2.75) is 35.6 Å². The lowest BCUT2D eigenvalue weighted by Gasteiger charge is -2.29. The molecule has 0 radical (unpaired) electrons. The molecule has 0 spiro atoms. The van der Waals surface area contributed by atoms with Crippen LogP contribution in [0.25, 0.3) is 0 Å². The lowest BCUT2D eigenvalue weighted by molar-refractivity contribution is -0.384. The first-order chi connectivity index (χ1) is 9.71. The molecule has 6 nitrogen and oxygen atoms in total. The Kier molecular flexibility index (Phi) is 6.48. The molecule has 0 amide bonds. The third kappa shape index (κ3) is 4.32. The Bertz CT molecular complexity index is 603. The normalized spacial score (nSPS) is 12.6. The Hall–Kier alpha value is -0.350. The topological polar surface area (TPSA) is 89.3 Å². The summed E-state index contributed by atoms with van der Waals surface area (Å²) in [5.74, 6) is 0. The van der Waals surface area contributed by atoms with E-state index >= 15 is 0 Å². The number of halogens is 1. The van der Waals surface area contributed by atoms with E-state index in [2.05, 4.69) is 4.72 Å². The van der Waals surface area contributed by atoms with Gasteiger partial charge in [0.25, 0.3) is 5.69 Å². The molecule has 21 heavy (non-hydrogen) atoms. The van der Waals surface area contributed by atoms with Gasteiger partial charge in [0.05, 0.1) is 4.92 Å². The van der Waals surface area contributed by atoms with E-state index in [0.29, 0.717) is 11.3 Å². The molecule has 1 aromatic heterocycles. The van der Waals surface area contributed by atoms with Crippen LogP contribution in [0, 0.1) is 10.1 Å². The van der Waals surface area contributed by atoms with E-state index in [0.717, 1.165) is 18.9 Å². The summed E-state index contributed by atoms with van der Waals surface area (Å²) in [6, 6.07) is 0.994. The summed E-state index contributed by atoms with van der Waals surface area (Å²) in [5, 5.41) is 10.7. The van der Waals surface area contributed by atoms with Gasteiger partial charge in [-0.2, -0.15) is 11.8 Å².